The minimum absolute atomic E-state index is 0.0685. The first-order chi connectivity index (χ1) is 13.1. The van der Waals surface area contributed by atoms with Crippen LogP contribution in [0.15, 0.2) is 48.5 Å². The fourth-order valence-electron chi connectivity index (χ4n) is 3.78. The van der Waals surface area contributed by atoms with E-state index >= 15 is 0 Å². The van der Waals surface area contributed by atoms with Gasteiger partial charge in [0.15, 0.2) is 11.5 Å². The van der Waals surface area contributed by atoms with Crippen molar-refractivity contribution in [2.75, 3.05) is 26.2 Å². The number of likely N-dealkylation sites (tertiary alicyclic amines) is 1. The molecule has 0 bridgehead atoms. The first-order valence-corrected chi connectivity index (χ1v) is 9.28. The lowest BCUT2D eigenvalue weighted by Gasteiger charge is -2.18. The van der Waals surface area contributed by atoms with Gasteiger partial charge in [-0.25, -0.2) is 0 Å². The zero-order chi connectivity index (χ0) is 19.2. The molecule has 0 saturated carbocycles. The molecule has 2 aromatic rings. The van der Waals surface area contributed by atoms with Gasteiger partial charge in [0.1, 0.15) is 0 Å². The van der Waals surface area contributed by atoms with Gasteiger partial charge in [0.25, 0.3) is 0 Å². The van der Waals surface area contributed by atoms with Crippen molar-refractivity contribution in [1.29, 1.82) is 0 Å². The number of alkyl halides is 2. The summed E-state index contributed by atoms with van der Waals surface area (Å²) < 4.78 is 35.1. The number of halogens is 2. The van der Waals surface area contributed by atoms with Gasteiger partial charge in [0.05, 0.1) is 6.61 Å². The van der Waals surface area contributed by atoms with Crippen molar-refractivity contribution in [3.05, 3.63) is 59.7 Å². The molecule has 6 heteroatoms. The van der Waals surface area contributed by atoms with Gasteiger partial charge in [-0.05, 0) is 42.6 Å². The third-order valence-corrected chi connectivity index (χ3v) is 4.98. The summed E-state index contributed by atoms with van der Waals surface area (Å²) in [5, 5.41) is 0. The molecule has 2 aromatic carbocycles. The molecule has 2 atom stereocenters. The molecule has 1 aliphatic heterocycles. The normalized spacial score (nSPS) is 20.2. The molecule has 1 heterocycles. The second-order valence-electron chi connectivity index (χ2n) is 6.80. The topological polar surface area (TPSA) is 47.7 Å². The Labute approximate surface area is 158 Å². The Morgan fingerprint density at radius 2 is 1.89 bits per heavy atom. The van der Waals surface area contributed by atoms with Crippen LogP contribution in [0.1, 0.15) is 24.0 Å². The zero-order valence-electron chi connectivity index (χ0n) is 15.5. The summed E-state index contributed by atoms with van der Waals surface area (Å²) in [6.45, 7) is 2.52. The molecular formula is C21H26F2N2O2. The van der Waals surface area contributed by atoms with Crippen molar-refractivity contribution in [2.24, 2.45) is 11.7 Å². The van der Waals surface area contributed by atoms with E-state index in [1.54, 1.807) is 12.1 Å². The van der Waals surface area contributed by atoms with Gasteiger partial charge in [-0.1, -0.05) is 36.4 Å². The Kier molecular flexibility index (Phi) is 6.63. The highest BCUT2D eigenvalue weighted by Gasteiger charge is 2.32. The Hall–Kier alpha value is -2.18. The number of ether oxygens (including phenoxy) is 2. The molecule has 0 radical (unpaired) electrons. The highest BCUT2D eigenvalue weighted by molar-refractivity contribution is 5.43. The van der Waals surface area contributed by atoms with Gasteiger partial charge in [0, 0.05) is 25.6 Å². The van der Waals surface area contributed by atoms with Crippen molar-refractivity contribution < 1.29 is 18.3 Å². The Bertz CT molecular complexity index is 727. The summed E-state index contributed by atoms with van der Waals surface area (Å²) in [4.78, 5) is 2.36. The van der Waals surface area contributed by atoms with E-state index in [0.29, 0.717) is 30.7 Å². The smallest absolute Gasteiger partial charge is 0.387 e. The van der Waals surface area contributed by atoms with E-state index in [2.05, 4.69) is 33.9 Å². The Morgan fingerprint density at radius 3 is 2.56 bits per heavy atom. The van der Waals surface area contributed by atoms with Crippen molar-refractivity contribution in [3.63, 3.8) is 0 Å². The highest BCUT2D eigenvalue weighted by atomic mass is 19.3. The maximum atomic E-state index is 12.6. The molecular weight excluding hydrogens is 350 g/mol. The van der Waals surface area contributed by atoms with Crippen LogP contribution in [0.2, 0.25) is 0 Å². The minimum Gasteiger partial charge on any atom is -0.490 e. The zero-order valence-corrected chi connectivity index (χ0v) is 15.5. The third-order valence-electron chi connectivity index (χ3n) is 4.98. The summed E-state index contributed by atoms with van der Waals surface area (Å²) in [6, 6.07) is 15.6. The highest BCUT2D eigenvalue weighted by Crippen LogP contribution is 2.34. The van der Waals surface area contributed by atoms with Crippen LogP contribution in [-0.4, -0.2) is 37.8 Å². The van der Waals surface area contributed by atoms with Crippen LogP contribution in [0.4, 0.5) is 8.78 Å². The summed E-state index contributed by atoms with van der Waals surface area (Å²) in [7, 11) is 0. The number of rotatable bonds is 8. The summed E-state index contributed by atoms with van der Waals surface area (Å²) in [5.41, 5.74) is 8.33. The molecule has 1 fully saturated rings. The number of nitrogens with two attached hydrogens (primary N) is 1. The SMILES string of the molecule is CCOc1cc(CN2C[C@@H](CN)[C@H](c3ccccc3)C2)ccc1OC(F)F. The van der Waals surface area contributed by atoms with Crippen LogP contribution in [-0.2, 0) is 6.54 Å². The first kappa shape index (κ1) is 19.6. The predicted octanol–water partition coefficient (Wildman–Crippen LogP) is 3.86. The van der Waals surface area contributed by atoms with E-state index in [9.17, 15) is 8.78 Å². The number of benzene rings is 2. The van der Waals surface area contributed by atoms with E-state index in [1.165, 1.54) is 5.56 Å². The lowest BCUT2D eigenvalue weighted by atomic mass is 9.89. The van der Waals surface area contributed by atoms with Crippen LogP contribution in [0.25, 0.3) is 0 Å². The van der Waals surface area contributed by atoms with E-state index in [4.69, 9.17) is 10.5 Å². The maximum Gasteiger partial charge on any atom is 0.387 e. The molecule has 3 rings (SSSR count). The molecule has 0 amide bonds. The lowest BCUT2D eigenvalue weighted by Crippen LogP contribution is -2.23. The number of hydrogen-bond acceptors (Lipinski definition) is 4. The average Bonchev–Trinajstić information content (AvgIpc) is 3.07. The summed E-state index contributed by atoms with van der Waals surface area (Å²) in [5.74, 6) is 1.23. The summed E-state index contributed by atoms with van der Waals surface area (Å²) in [6.07, 6.45) is 0. The third kappa shape index (κ3) is 4.96. The van der Waals surface area contributed by atoms with E-state index in [1.807, 2.05) is 19.1 Å². The molecule has 0 unspecified atom stereocenters. The van der Waals surface area contributed by atoms with E-state index < -0.39 is 6.61 Å². The fourth-order valence-corrected chi connectivity index (χ4v) is 3.78. The van der Waals surface area contributed by atoms with Crippen molar-refractivity contribution in [2.45, 2.75) is 26.0 Å². The van der Waals surface area contributed by atoms with Crippen molar-refractivity contribution in [3.8, 4) is 11.5 Å². The standard InChI is InChI=1S/C21H26F2N2O2/c1-2-26-20-10-15(8-9-19(20)27-21(22)23)12-25-13-17(11-24)18(14-25)16-6-4-3-5-7-16/h3-10,17-18,21H,2,11-14,24H2,1H3/t17-,18+/m1/s1. The molecule has 146 valence electrons. The predicted molar refractivity (Wildman–Crippen MR) is 101 cm³/mol. The van der Waals surface area contributed by atoms with Gasteiger partial charge in [-0.15, -0.1) is 0 Å². The van der Waals surface area contributed by atoms with E-state index in [0.717, 1.165) is 25.2 Å². The van der Waals surface area contributed by atoms with Gasteiger partial charge < -0.3 is 15.2 Å². The average molecular weight is 376 g/mol. The molecule has 4 nitrogen and oxygen atoms in total. The molecule has 1 aliphatic rings. The van der Waals surface area contributed by atoms with Crippen molar-refractivity contribution >= 4 is 0 Å². The van der Waals surface area contributed by atoms with Gasteiger partial charge >= 0.3 is 6.61 Å². The Morgan fingerprint density at radius 1 is 1.11 bits per heavy atom. The molecule has 27 heavy (non-hydrogen) atoms. The molecule has 0 aliphatic carbocycles. The van der Waals surface area contributed by atoms with Crippen molar-refractivity contribution in [1.82, 2.24) is 4.90 Å². The second-order valence-corrected chi connectivity index (χ2v) is 6.80. The van der Waals surface area contributed by atoms with Gasteiger partial charge in [0.2, 0.25) is 0 Å². The molecule has 1 saturated heterocycles. The van der Waals surface area contributed by atoms with Crippen LogP contribution in [0.5, 0.6) is 11.5 Å². The largest absolute Gasteiger partial charge is 0.490 e. The van der Waals surface area contributed by atoms with Crippen LogP contribution < -0.4 is 15.2 Å². The maximum absolute atomic E-state index is 12.6. The first-order valence-electron chi connectivity index (χ1n) is 9.28. The Balaban J connectivity index is 1.72. The lowest BCUT2D eigenvalue weighted by molar-refractivity contribution is -0.0514. The second kappa shape index (κ2) is 9.15. The molecule has 0 aromatic heterocycles. The van der Waals surface area contributed by atoms with Gasteiger partial charge in [-0.3, -0.25) is 4.90 Å². The quantitative estimate of drug-likeness (QED) is 0.760. The van der Waals surface area contributed by atoms with Crippen LogP contribution in [0, 0.1) is 5.92 Å². The minimum atomic E-state index is -2.87. The number of hydrogen-bond donors (Lipinski definition) is 1. The number of nitrogens with zero attached hydrogens (tertiary/aromatic N) is 1. The monoisotopic (exact) mass is 376 g/mol. The van der Waals surface area contributed by atoms with E-state index in [-0.39, 0.29) is 5.75 Å². The summed E-state index contributed by atoms with van der Waals surface area (Å²) >= 11 is 0. The molecule has 2 N–H and O–H groups in total. The molecule has 0 spiro atoms. The van der Waals surface area contributed by atoms with Crippen LogP contribution in [0.3, 0.4) is 0 Å². The fraction of sp³-hybridized carbons (Fsp3) is 0.429. The van der Waals surface area contributed by atoms with Crippen LogP contribution >= 0.6 is 0 Å². The van der Waals surface area contributed by atoms with Gasteiger partial charge in [-0.2, -0.15) is 8.78 Å².